The van der Waals surface area contributed by atoms with Crippen molar-refractivity contribution in [2.24, 2.45) is 10.8 Å². The second-order valence-electron chi connectivity index (χ2n) is 7.15. The van der Waals surface area contributed by atoms with Crippen LogP contribution < -0.4 is 16.1 Å². The molecule has 8 heteroatoms. The van der Waals surface area contributed by atoms with Gasteiger partial charge < -0.3 is 10.6 Å². The molecule has 2 aliphatic heterocycles. The van der Waals surface area contributed by atoms with Crippen molar-refractivity contribution in [3.63, 3.8) is 0 Å². The number of halogens is 2. The highest BCUT2D eigenvalue weighted by molar-refractivity contribution is 7.80. The molecule has 0 radical (unpaired) electrons. The summed E-state index contributed by atoms with van der Waals surface area (Å²) in [4.78, 5) is 4.41. The molecule has 4 rings (SSSR count). The van der Waals surface area contributed by atoms with E-state index in [9.17, 15) is 8.78 Å². The first kappa shape index (κ1) is 18.8. The van der Waals surface area contributed by atoms with Gasteiger partial charge in [0.25, 0.3) is 0 Å². The van der Waals surface area contributed by atoms with Crippen LogP contribution >= 0.6 is 12.2 Å². The van der Waals surface area contributed by atoms with Crippen LogP contribution in [0.25, 0.3) is 0 Å². The number of nitrogens with zero attached hydrogens (tertiary/aromatic N) is 3. The highest BCUT2D eigenvalue weighted by atomic mass is 32.1. The van der Waals surface area contributed by atoms with Crippen molar-refractivity contribution in [3.8, 4) is 0 Å². The third-order valence-corrected chi connectivity index (χ3v) is 5.45. The third-order valence-electron chi connectivity index (χ3n) is 5.36. The van der Waals surface area contributed by atoms with Gasteiger partial charge in [0.2, 0.25) is 0 Å². The Labute approximate surface area is 167 Å². The molecule has 2 atom stereocenters. The summed E-state index contributed by atoms with van der Waals surface area (Å²) in [7, 11) is 0. The highest BCUT2D eigenvalue weighted by Crippen LogP contribution is 2.37. The first-order chi connectivity index (χ1) is 13.5. The molecule has 3 N–H and O–H groups in total. The number of hydrogen-bond donors (Lipinski definition) is 2. The number of benzene rings is 2. The van der Waals surface area contributed by atoms with Crippen molar-refractivity contribution in [1.82, 2.24) is 10.3 Å². The average Bonchev–Trinajstić information content (AvgIpc) is 3.26. The van der Waals surface area contributed by atoms with Gasteiger partial charge in [0.1, 0.15) is 0 Å². The monoisotopic (exact) mass is 401 g/mol. The number of anilines is 1. The Kier molecular flexibility index (Phi) is 5.23. The van der Waals surface area contributed by atoms with E-state index in [4.69, 9.17) is 5.73 Å². The SMILES string of the molecule is NC(=S)NN=Cc1ccc(N2C[C@@H]3C[C@H]2CN3Cc2ccccc2)c(F)c1F. The molecule has 0 spiro atoms. The van der Waals surface area contributed by atoms with Crippen LogP contribution in [0.4, 0.5) is 14.5 Å². The summed E-state index contributed by atoms with van der Waals surface area (Å²) in [5.41, 5.74) is 9.21. The Morgan fingerprint density at radius 3 is 2.61 bits per heavy atom. The topological polar surface area (TPSA) is 56.9 Å². The quantitative estimate of drug-likeness (QED) is 0.458. The number of likely N-dealkylation sites (tertiary alicyclic amines) is 1. The molecule has 28 heavy (non-hydrogen) atoms. The fourth-order valence-corrected chi connectivity index (χ4v) is 4.15. The second kappa shape index (κ2) is 7.81. The van der Waals surface area contributed by atoms with E-state index < -0.39 is 11.6 Å². The van der Waals surface area contributed by atoms with Gasteiger partial charge in [-0.25, -0.2) is 8.78 Å². The lowest BCUT2D eigenvalue weighted by molar-refractivity contribution is 0.230. The molecule has 2 saturated heterocycles. The van der Waals surface area contributed by atoms with Crippen LogP contribution in [0.15, 0.2) is 47.6 Å². The molecule has 0 aliphatic carbocycles. The zero-order valence-corrected chi connectivity index (χ0v) is 16.0. The second-order valence-corrected chi connectivity index (χ2v) is 7.59. The number of fused-ring (bicyclic) bond motifs is 2. The summed E-state index contributed by atoms with van der Waals surface area (Å²) in [5, 5.41) is 3.65. The maximum Gasteiger partial charge on any atom is 0.184 e. The van der Waals surface area contributed by atoms with E-state index in [0.29, 0.717) is 18.3 Å². The van der Waals surface area contributed by atoms with Crippen LogP contribution in [0.3, 0.4) is 0 Å². The van der Waals surface area contributed by atoms with Gasteiger partial charge in [-0.05, 0) is 36.3 Å². The third kappa shape index (κ3) is 3.70. The van der Waals surface area contributed by atoms with Gasteiger partial charge in [-0.15, -0.1) is 0 Å². The van der Waals surface area contributed by atoms with Crippen LogP contribution in [-0.4, -0.2) is 41.4 Å². The number of hydrazone groups is 1. The van der Waals surface area contributed by atoms with Crippen LogP contribution in [0.1, 0.15) is 17.5 Å². The van der Waals surface area contributed by atoms with Crippen molar-refractivity contribution in [2.75, 3.05) is 18.0 Å². The molecule has 2 bridgehead atoms. The first-order valence-electron chi connectivity index (χ1n) is 9.14. The molecule has 146 valence electrons. The summed E-state index contributed by atoms with van der Waals surface area (Å²) < 4.78 is 29.2. The van der Waals surface area contributed by atoms with Gasteiger partial charge >= 0.3 is 0 Å². The van der Waals surface area contributed by atoms with Gasteiger partial charge in [0, 0.05) is 37.3 Å². The number of nitrogens with one attached hydrogen (secondary N) is 1. The van der Waals surface area contributed by atoms with Gasteiger partial charge in [-0.1, -0.05) is 30.3 Å². The van der Waals surface area contributed by atoms with Crippen molar-refractivity contribution in [2.45, 2.75) is 25.0 Å². The molecule has 0 amide bonds. The van der Waals surface area contributed by atoms with Crippen molar-refractivity contribution >= 4 is 29.2 Å². The molecular weight excluding hydrogens is 380 g/mol. The zero-order chi connectivity index (χ0) is 19.7. The van der Waals surface area contributed by atoms with Gasteiger partial charge in [0.05, 0.1) is 11.9 Å². The Morgan fingerprint density at radius 2 is 1.93 bits per heavy atom. The number of rotatable bonds is 5. The minimum atomic E-state index is -0.921. The minimum Gasteiger partial charge on any atom is -0.375 e. The number of hydrogen-bond acceptors (Lipinski definition) is 4. The first-order valence-corrected chi connectivity index (χ1v) is 9.55. The van der Waals surface area contributed by atoms with E-state index in [-0.39, 0.29) is 16.7 Å². The number of nitrogens with two attached hydrogens (primary N) is 1. The van der Waals surface area contributed by atoms with Gasteiger partial charge in [0.15, 0.2) is 16.7 Å². The van der Waals surface area contributed by atoms with Crippen LogP contribution in [0.5, 0.6) is 0 Å². The predicted molar refractivity (Wildman–Crippen MR) is 110 cm³/mol. The normalized spacial score (nSPS) is 21.6. The fraction of sp³-hybridized carbons (Fsp3) is 0.300. The lowest BCUT2D eigenvalue weighted by Crippen LogP contribution is -2.46. The smallest absolute Gasteiger partial charge is 0.184 e. The fourth-order valence-electron chi connectivity index (χ4n) is 4.10. The molecule has 0 unspecified atom stereocenters. The Balaban J connectivity index is 1.46. The molecule has 2 aromatic rings. The molecule has 5 nitrogen and oxygen atoms in total. The molecule has 2 fully saturated rings. The van der Waals surface area contributed by atoms with Crippen molar-refractivity contribution in [1.29, 1.82) is 0 Å². The van der Waals surface area contributed by atoms with E-state index in [0.717, 1.165) is 19.5 Å². The average molecular weight is 401 g/mol. The predicted octanol–water partition coefficient (Wildman–Crippen LogP) is 2.60. The Hall–Kier alpha value is -2.58. The highest BCUT2D eigenvalue weighted by Gasteiger charge is 2.44. The largest absolute Gasteiger partial charge is 0.375 e. The summed E-state index contributed by atoms with van der Waals surface area (Å²) in [6.45, 7) is 2.43. The Morgan fingerprint density at radius 1 is 1.14 bits per heavy atom. The number of piperazine rings is 1. The molecule has 0 aromatic heterocycles. The van der Waals surface area contributed by atoms with Crippen LogP contribution in [0.2, 0.25) is 0 Å². The molecule has 2 heterocycles. The zero-order valence-electron chi connectivity index (χ0n) is 15.2. The van der Waals surface area contributed by atoms with E-state index in [2.05, 4.69) is 39.8 Å². The molecule has 2 aliphatic rings. The molecule has 0 saturated carbocycles. The minimum absolute atomic E-state index is 0.0399. The molecular formula is C20H21F2N5S. The van der Waals surface area contributed by atoms with Gasteiger partial charge in [-0.2, -0.15) is 5.10 Å². The Bertz CT molecular complexity index is 905. The van der Waals surface area contributed by atoms with Crippen molar-refractivity contribution in [3.05, 3.63) is 65.2 Å². The maximum atomic E-state index is 14.7. The van der Waals surface area contributed by atoms with Crippen LogP contribution in [0, 0.1) is 11.6 Å². The lowest BCUT2D eigenvalue weighted by atomic mass is 10.1. The number of thiocarbonyl (C=S) groups is 1. The van der Waals surface area contributed by atoms with Gasteiger partial charge in [-0.3, -0.25) is 10.3 Å². The maximum absolute atomic E-state index is 14.7. The van der Waals surface area contributed by atoms with E-state index in [1.54, 1.807) is 6.07 Å². The van der Waals surface area contributed by atoms with E-state index in [1.807, 2.05) is 23.1 Å². The summed E-state index contributed by atoms with van der Waals surface area (Å²) >= 11 is 4.62. The lowest BCUT2D eigenvalue weighted by Gasteiger charge is -2.35. The van der Waals surface area contributed by atoms with Crippen molar-refractivity contribution < 1.29 is 8.78 Å². The van der Waals surface area contributed by atoms with Crippen LogP contribution in [-0.2, 0) is 6.54 Å². The molecule has 2 aromatic carbocycles. The standard InChI is InChI=1S/C20H21F2N5S/c21-18-14(9-24-25-20(23)28)6-7-17(19(18)22)27-12-15-8-16(27)11-26(15)10-13-4-2-1-3-5-13/h1-7,9,15-16H,8,10-12H2,(H3,23,25,28)/t15-,16-/m0/s1. The summed E-state index contributed by atoms with van der Waals surface area (Å²) in [5.74, 6) is -1.77. The van der Waals surface area contributed by atoms with E-state index in [1.165, 1.54) is 17.8 Å². The van der Waals surface area contributed by atoms with E-state index >= 15 is 0 Å². The summed E-state index contributed by atoms with van der Waals surface area (Å²) in [6, 6.07) is 14.0. The summed E-state index contributed by atoms with van der Waals surface area (Å²) in [6.07, 6.45) is 2.13.